The van der Waals surface area contributed by atoms with Gasteiger partial charge in [0.05, 0.1) is 5.69 Å². The molecule has 0 spiro atoms. The summed E-state index contributed by atoms with van der Waals surface area (Å²) in [5, 5.41) is 6.52. The SMILES string of the molecule is c1ccc(-c2ccc(-c3nc(-c4ccc5ccc(-c6cc7ccccc7cn6)cc5c4)nc(-c4cccc5oc6ccccc6c45)n3)cc2)cc1. The van der Waals surface area contributed by atoms with Crippen molar-refractivity contribution >= 4 is 43.5 Å². The molecule has 238 valence electrons. The van der Waals surface area contributed by atoms with Crippen molar-refractivity contribution in [3.63, 3.8) is 0 Å². The maximum atomic E-state index is 6.24. The summed E-state index contributed by atoms with van der Waals surface area (Å²) in [5.74, 6) is 1.80. The lowest BCUT2D eigenvalue weighted by Gasteiger charge is -2.11. The predicted molar refractivity (Wildman–Crippen MR) is 207 cm³/mol. The van der Waals surface area contributed by atoms with Crippen molar-refractivity contribution in [3.05, 3.63) is 170 Å². The zero-order valence-electron chi connectivity index (χ0n) is 27.4. The Labute approximate surface area is 293 Å². The molecule has 0 saturated heterocycles. The molecule has 0 saturated carbocycles. The summed E-state index contributed by atoms with van der Waals surface area (Å²) < 4.78 is 6.24. The summed E-state index contributed by atoms with van der Waals surface area (Å²) in [6.45, 7) is 0. The van der Waals surface area contributed by atoms with Gasteiger partial charge in [0.15, 0.2) is 17.5 Å². The zero-order chi connectivity index (χ0) is 33.7. The molecular formula is C46H28N4O. The molecule has 51 heavy (non-hydrogen) atoms. The first-order valence-corrected chi connectivity index (χ1v) is 17.0. The van der Waals surface area contributed by atoms with E-state index in [0.717, 1.165) is 77.2 Å². The second-order valence-electron chi connectivity index (χ2n) is 12.7. The Kier molecular flexibility index (Phi) is 6.74. The fourth-order valence-corrected chi connectivity index (χ4v) is 6.94. The zero-order valence-corrected chi connectivity index (χ0v) is 27.4. The highest BCUT2D eigenvalue weighted by molar-refractivity contribution is 6.11. The van der Waals surface area contributed by atoms with E-state index in [9.17, 15) is 0 Å². The van der Waals surface area contributed by atoms with Gasteiger partial charge in [0.1, 0.15) is 11.2 Å². The topological polar surface area (TPSA) is 64.7 Å². The summed E-state index contributed by atoms with van der Waals surface area (Å²) in [4.78, 5) is 20.1. The smallest absolute Gasteiger partial charge is 0.164 e. The van der Waals surface area contributed by atoms with Crippen LogP contribution in [0.25, 0.3) is 100 Å². The van der Waals surface area contributed by atoms with Crippen LogP contribution in [0, 0.1) is 0 Å². The average Bonchev–Trinajstić information content (AvgIpc) is 3.59. The number of furan rings is 1. The van der Waals surface area contributed by atoms with E-state index < -0.39 is 0 Å². The van der Waals surface area contributed by atoms with Crippen LogP contribution in [0.4, 0.5) is 0 Å². The van der Waals surface area contributed by atoms with Gasteiger partial charge < -0.3 is 4.42 Å². The van der Waals surface area contributed by atoms with Crippen LogP contribution in [0.1, 0.15) is 0 Å². The number of nitrogens with zero attached hydrogens (tertiary/aromatic N) is 4. The number of aromatic nitrogens is 4. The Morgan fingerprint density at radius 2 is 1.00 bits per heavy atom. The molecule has 5 nitrogen and oxygen atoms in total. The number of para-hydroxylation sites is 1. The van der Waals surface area contributed by atoms with Gasteiger partial charge in [-0.25, -0.2) is 15.0 Å². The minimum absolute atomic E-state index is 0.591. The summed E-state index contributed by atoms with van der Waals surface area (Å²) in [6.07, 6.45) is 1.94. The summed E-state index contributed by atoms with van der Waals surface area (Å²) >= 11 is 0. The van der Waals surface area contributed by atoms with E-state index in [1.165, 1.54) is 5.39 Å². The minimum atomic E-state index is 0.591. The van der Waals surface area contributed by atoms with E-state index in [-0.39, 0.29) is 0 Å². The number of rotatable bonds is 5. The third kappa shape index (κ3) is 5.20. The Bertz CT molecular complexity index is 2910. The van der Waals surface area contributed by atoms with Gasteiger partial charge in [-0.1, -0.05) is 133 Å². The molecule has 0 radical (unpaired) electrons. The Morgan fingerprint density at radius 1 is 0.373 bits per heavy atom. The van der Waals surface area contributed by atoms with Crippen molar-refractivity contribution in [2.24, 2.45) is 0 Å². The van der Waals surface area contributed by atoms with Gasteiger partial charge in [-0.2, -0.15) is 0 Å². The van der Waals surface area contributed by atoms with Gasteiger partial charge in [-0.15, -0.1) is 0 Å². The normalized spacial score (nSPS) is 11.5. The number of hydrogen-bond acceptors (Lipinski definition) is 5. The molecule has 3 heterocycles. The van der Waals surface area contributed by atoms with Gasteiger partial charge in [0.2, 0.25) is 0 Å². The van der Waals surface area contributed by atoms with Crippen LogP contribution in [0.5, 0.6) is 0 Å². The van der Waals surface area contributed by atoms with Crippen molar-refractivity contribution in [1.29, 1.82) is 0 Å². The molecule has 0 amide bonds. The van der Waals surface area contributed by atoms with Gasteiger partial charge >= 0.3 is 0 Å². The van der Waals surface area contributed by atoms with Crippen LogP contribution in [-0.4, -0.2) is 19.9 Å². The standard InChI is InChI=1S/C46H28N4O/c1-2-9-29(10-3-1)30-17-21-32(22-18-30)44-48-45(50-46(49-44)39-14-8-16-42-43(39)38-13-6-7-15-41(38)51-42)35-24-20-31-19-23-34(25-37(31)26-35)40-27-33-11-4-5-12-36(33)28-47-40/h1-28H. The third-order valence-electron chi connectivity index (χ3n) is 9.55. The highest BCUT2D eigenvalue weighted by atomic mass is 16.3. The van der Waals surface area contributed by atoms with Crippen LogP contribution in [-0.2, 0) is 0 Å². The number of pyridine rings is 1. The largest absolute Gasteiger partial charge is 0.456 e. The quantitative estimate of drug-likeness (QED) is 0.185. The van der Waals surface area contributed by atoms with Crippen molar-refractivity contribution < 1.29 is 4.42 Å². The molecule has 10 aromatic rings. The molecule has 0 aliphatic rings. The molecule has 5 heteroatoms. The second-order valence-corrected chi connectivity index (χ2v) is 12.7. The summed E-state index contributed by atoms with van der Waals surface area (Å²) in [6, 6.07) is 56.2. The monoisotopic (exact) mass is 652 g/mol. The van der Waals surface area contributed by atoms with E-state index >= 15 is 0 Å². The molecule has 3 aromatic heterocycles. The molecule has 7 aromatic carbocycles. The van der Waals surface area contributed by atoms with Crippen molar-refractivity contribution in [3.8, 4) is 56.5 Å². The average molecular weight is 653 g/mol. The number of hydrogen-bond donors (Lipinski definition) is 0. The summed E-state index contributed by atoms with van der Waals surface area (Å²) in [7, 11) is 0. The number of fused-ring (bicyclic) bond motifs is 5. The Hall–Kier alpha value is -6.98. The Morgan fingerprint density at radius 3 is 1.86 bits per heavy atom. The molecule has 0 N–H and O–H groups in total. The number of benzene rings is 7. The molecule has 0 fully saturated rings. The van der Waals surface area contributed by atoms with Crippen molar-refractivity contribution in [1.82, 2.24) is 19.9 Å². The minimum Gasteiger partial charge on any atom is -0.456 e. The van der Waals surface area contributed by atoms with Crippen molar-refractivity contribution in [2.45, 2.75) is 0 Å². The van der Waals surface area contributed by atoms with Crippen LogP contribution < -0.4 is 0 Å². The van der Waals surface area contributed by atoms with E-state index in [4.69, 9.17) is 24.4 Å². The maximum Gasteiger partial charge on any atom is 0.164 e. The first-order valence-electron chi connectivity index (χ1n) is 17.0. The molecule has 10 rings (SSSR count). The second kappa shape index (κ2) is 11.9. The van der Waals surface area contributed by atoms with Crippen LogP contribution in [0.3, 0.4) is 0 Å². The molecule has 0 unspecified atom stereocenters. The predicted octanol–water partition coefficient (Wildman–Crippen LogP) is 11.8. The van der Waals surface area contributed by atoms with Gasteiger partial charge in [0, 0.05) is 44.6 Å². The first kappa shape index (κ1) is 29.0. The third-order valence-corrected chi connectivity index (χ3v) is 9.55. The molecule has 0 aliphatic heterocycles. The highest BCUT2D eigenvalue weighted by Gasteiger charge is 2.18. The molecule has 0 atom stereocenters. The van der Waals surface area contributed by atoms with E-state index in [0.29, 0.717) is 17.5 Å². The van der Waals surface area contributed by atoms with Crippen LogP contribution in [0.15, 0.2) is 174 Å². The van der Waals surface area contributed by atoms with Gasteiger partial charge in [0.25, 0.3) is 0 Å². The summed E-state index contributed by atoms with van der Waals surface area (Å²) in [5.41, 5.74) is 8.62. The van der Waals surface area contributed by atoms with Gasteiger partial charge in [-0.3, -0.25) is 4.98 Å². The highest BCUT2D eigenvalue weighted by Crippen LogP contribution is 2.37. The van der Waals surface area contributed by atoms with E-state index in [2.05, 4.69) is 121 Å². The fourth-order valence-electron chi connectivity index (χ4n) is 6.94. The fraction of sp³-hybridized carbons (Fsp3) is 0. The lowest BCUT2D eigenvalue weighted by atomic mass is 10.0. The molecular weight excluding hydrogens is 625 g/mol. The van der Waals surface area contributed by atoms with E-state index in [1.54, 1.807) is 0 Å². The van der Waals surface area contributed by atoms with Crippen molar-refractivity contribution in [2.75, 3.05) is 0 Å². The van der Waals surface area contributed by atoms with E-state index in [1.807, 2.05) is 48.7 Å². The first-order chi connectivity index (χ1) is 25.2. The lowest BCUT2D eigenvalue weighted by molar-refractivity contribution is 0.669. The Balaban J connectivity index is 1.13. The van der Waals surface area contributed by atoms with Gasteiger partial charge in [-0.05, 0) is 57.6 Å². The van der Waals surface area contributed by atoms with Crippen LogP contribution in [0.2, 0.25) is 0 Å². The maximum absolute atomic E-state index is 6.24. The molecule has 0 aliphatic carbocycles. The van der Waals surface area contributed by atoms with Crippen LogP contribution >= 0.6 is 0 Å². The molecule has 0 bridgehead atoms. The lowest BCUT2D eigenvalue weighted by Crippen LogP contribution is -2.00.